The van der Waals surface area contributed by atoms with Crippen molar-refractivity contribution in [1.82, 2.24) is 4.90 Å². The summed E-state index contributed by atoms with van der Waals surface area (Å²) in [5.74, 6) is 0.170. The quantitative estimate of drug-likeness (QED) is 0.832. The molecule has 0 radical (unpaired) electrons. The second kappa shape index (κ2) is 6.10. The van der Waals surface area contributed by atoms with Crippen LogP contribution >= 0.6 is 0 Å². The van der Waals surface area contributed by atoms with Gasteiger partial charge in [0.15, 0.2) is 11.6 Å². The molecule has 1 aromatic rings. The largest absolute Gasteiger partial charge is 0.494 e. The van der Waals surface area contributed by atoms with Gasteiger partial charge < -0.3 is 20.1 Å². The SMILES string of the molecule is COc1cc(OCCC2CCCN2C)c(N)cc1F. The summed E-state index contributed by atoms with van der Waals surface area (Å²) in [5, 5.41) is 0. The molecular formula is C14H21FN2O2. The van der Waals surface area contributed by atoms with Crippen LogP contribution in [0, 0.1) is 5.82 Å². The smallest absolute Gasteiger partial charge is 0.167 e. The number of nitrogens with zero attached hydrogens (tertiary/aromatic N) is 1. The fourth-order valence-corrected chi connectivity index (χ4v) is 2.48. The van der Waals surface area contributed by atoms with Crippen molar-refractivity contribution in [3.05, 3.63) is 17.9 Å². The van der Waals surface area contributed by atoms with Gasteiger partial charge in [-0.1, -0.05) is 0 Å². The Morgan fingerprint density at radius 2 is 2.21 bits per heavy atom. The maximum Gasteiger partial charge on any atom is 0.167 e. The Morgan fingerprint density at radius 1 is 1.42 bits per heavy atom. The van der Waals surface area contributed by atoms with E-state index in [9.17, 15) is 4.39 Å². The van der Waals surface area contributed by atoms with Gasteiger partial charge in [-0.3, -0.25) is 0 Å². The number of hydrogen-bond donors (Lipinski definition) is 1. The average molecular weight is 268 g/mol. The van der Waals surface area contributed by atoms with Crippen molar-refractivity contribution in [1.29, 1.82) is 0 Å². The molecule has 0 saturated carbocycles. The summed E-state index contributed by atoms with van der Waals surface area (Å²) >= 11 is 0. The van der Waals surface area contributed by atoms with Crippen molar-refractivity contribution in [3.63, 3.8) is 0 Å². The summed E-state index contributed by atoms with van der Waals surface area (Å²) in [6, 6.07) is 3.31. The molecule has 1 aliphatic rings. The van der Waals surface area contributed by atoms with E-state index in [0.29, 0.717) is 24.1 Å². The third-order valence-electron chi connectivity index (χ3n) is 3.66. The Kier molecular flexibility index (Phi) is 4.47. The number of anilines is 1. The molecule has 1 fully saturated rings. The molecule has 0 amide bonds. The first-order chi connectivity index (χ1) is 9.11. The highest BCUT2D eigenvalue weighted by Crippen LogP contribution is 2.30. The lowest BCUT2D eigenvalue weighted by Crippen LogP contribution is -2.26. The van der Waals surface area contributed by atoms with Gasteiger partial charge in [-0.15, -0.1) is 0 Å². The average Bonchev–Trinajstić information content (AvgIpc) is 2.78. The van der Waals surface area contributed by atoms with E-state index in [2.05, 4.69) is 11.9 Å². The Balaban J connectivity index is 1.92. The Morgan fingerprint density at radius 3 is 2.84 bits per heavy atom. The van der Waals surface area contributed by atoms with Gasteiger partial charge in [0.25, 0.3) is 0 Å². The zero-order valence-electron chi connectivity index (χ0n) is 11.5. The van der Waals surface area contributed by atoms with Gasteiger partial charge in [-0.05, 0) is 32.9 Å². The number of nitrogens with two attached hydrogens (primary N) is 1. The standard InChI is InChI=1S/C14H21FN2O2/c1-17-6-3-4-10(17)5-7-19-14-9-13(18-2)11(15)8-12(14)16/h8-10H,3-7,16H2,1-2H3. The summed E-state index contributed by atoms with van der Waals surface area (Å²) in [6.07, 6.45) is 3.41. The zero-order chi connectivity index (χ0) is 13.8. The van der Waals surface area contributed by atoms with Crippen molar-refractivity contribution in [3.8, 4) is 11.5 Å². The van der Waals surface area contributed by atoms with E-state index in [-0.39, 0.29) is 5.75 Å². The lowest BCUT2D eigenvalue weighted by atomic mass is 10.1. The van der Waals surface area contributed by atoms with Crippen LogP contribution in [-0.4, -0.2) is 38.3 Å². The summed E-state index contributed by atoms with van der Waals surface area (Å²) in [7, 11) is 3.55. The lowest BCUT2D eigenvalue weighted by Gasteiger charge is -2.19. The molecule has 0 aliphatic carbocycles. The van der Waals surface area contributed by atoms with Crippen molar-refractivity contribution in [2.45, 2.75) is 25.3 Å². The minimum atomic E-state index is -0.470. The monoisotopic (exact) mass is 268 g/mol. The van der Waals surface area contributed by atoms with E-state index >= 15 is 0 Å². The van der Waals surface area contributed by atoms with Crippen LogP contribution in [0.25, 0.3) is 0 Å². The molecule has 4 nitrogen and oxygen atoms in total. The van der Waals surface area contributed by atoms with Crippen LogP contribution in [0.2, 0.25) is 0 Å². The minimum Gasteiger partial charge on any atom is -0.494 e. The number of benzene rings is 1. The van der Waals surface area contributed by atoms with E-state index < -0.39 is 5.82 Å². The normalized spacial score (nSPS) is 19.6. The molecule has 5 heteroatoms. The van der Waals surface area contributed by atoms with E-state index in [1.54, 1.807) is 0 Å². The summed E-state index contributed by atoms with van der Waals surface area (Å²) in [4.78, 5) is 2.35. The summed E-state index contributed by atoms with van der Waals surface area (Å²) in [6.45, 7) is 1.73. The molecule has 0 spiro atoms. The Labute approximate surface area is 113 Å². The van der Waals surface area contributed by atoms with Crippen LogP contribution in [0.5, 0.6) is 11.5 Å². The number of nitrogen functional groups attached to an aromatic ring is 1. The number of ether oxygens (including phenoxy) is 2. The van der Waals surface area contributed by atoms with E-state index in [0.717, 1.165) is 13.0 Å². The molecule has 19 heavy (non-hydrogen) atoms. The molecule has 106 valence electrons. The molecule has 2 rings (SSSR count). The highest BCUT2D eigenvalue weighted by atomic mass is 19.1. The third kappa shape index (κ3) is 3.29. The first-order valence-corrected chi connectivity index (χ1v) is 6.58. The van der Waals surface area contributed by atoms with Crippen LogP contribution in [0.4, 0.5) is 10.1 Å². The highest BCUT2D eigenvalue weighted by Gasteiger charge is 2.20. The van der Waals surface area contributed by atoms with E-state index in [1.165, 1.54) is 32.1 Å². The van der Waals surface area contributed by atoms with Crippen molar-refractivity contribution in [2.24, 2.45) is 0 Å². The Bertz CT molecular complexity index is 440. The number of hydrogen-bond acceptors (Lipinski definition) is 4. The van der Waals surface area contributed by atoms with Crippen LogP contribution in [-0.2, 0) is 0 Å². The topological polar surface area (TPSA) is 47.7 Å². The van der Waals surface area contributed by atoms with Gasteiger partial charge in [0, 0.05) is 18.2 Å². The Hall–Kier alpha value is -1.49. The molecule has 1 aliphatic heterocycles. The molecule has 0 bridgehead atoms. The van der Waals surface area contributed by atoms with E-state index in [1.807, 2.05) is 0 Å². The van der Waals surface area contributed by atoms with E-state index in [4.69, 9.17) is 15.2 Å². The number of methoxy groups -OCH3 is 1. The first-order valence-electron chi connectivity index (χ1n) is 6.58. The molecule has 0 aromatic heterocycles. The van der Waals surface area contributed by atoms with Crippen molar-refractivity contribution in [2.75, 3.05) is 33.0 Å². The van der Waals surface area contributed by atoms with Gasteiger partial charge in [-0.2, -0.15) is 0 Å². The third-order valence-corrected chi connectivity index (χ3v) is 3.66. The van der Waals surface area contributed by atoms with Gasteiger partial charge in [0.1, 0.15) is 5.75 Å². The molecule has 1 heterocycles. The van der Waals surface area contributed by atoms with Gasteiger partial charge in [-0.25, -0.2) is 4.39 Å². The molecule has 2 N–H and O–H groups in total. The molecular weight excluding hydrogens is 247 g/mol. The fraction of sp³-hybridized carbons (Fsp3) is 0.571. The second-order valence-electron chi connectivity index (χ2n) is 4.94. The van der Waals surface area contributed by atoms with Crippen LogP contribution in [0.1, 0.15) is 19.3 Å². The van der Waals surface area contributed by atoms with Gasteiger partial charge in [0.05, 0.1) is 19.4 Å². The zero-order valence-corrected chi connectivity index (χ0v) is 11.5. The molecule has 1 saturated heterocycles. The van der Waals surface area contributed by atoms with Gasteiger partial charge in [0.2, 0.25) is 0 Å². The number of rotatable bonds is 5. The maximum atomic E-state index is 13.4. The van der Waals surface area contributed by atoms with Crippen molar-refractivity contribution < 1.29 is 13.9 Å². The van der Waals surface area contributed by atoms with Crippen molar-refractivity contribution >= 4 is 5.69 Å². The number of halogens is 1. The van der Waals surface area contributed by atoms with Crippen LogP contribution in [0.3, 0.4) is 0 Å². The van der Waals surface area contributed by atoms with Gasteiger partial charge >= 0.3 is 0 Å². The molecule has 1 atom stereocenters. The highest BCUT2D eigenvalue weighted by molar-refractivity contribution is 5.56. The minimum absolute atomic E-state index is 0.155. The van der Waals surface area contributed by atoms with Crippen LogP contribution < -0.4 is 15.2 Å². The number of likely N-dealkylation sites (tertiary alicyclic amines) is 1. The predicted octanol–water partition coefficient (Wildman–Crippen LogP) is 2.28. The van der Waals surface area contributed by atoms with Crippen LogP contribution in [0.15, 0.2) is 12.1 Å². The second-order valence-corrected chi connectivity index (χ2v) is 4.94. The molecule has 1 unspecified atom stereocenters. The lowest BCUT2D eigenvalue weighted by molar-refractivity contribution is 0.233. The summed E-state index contributed by atoms with van der Waals surface area (Å²) in [5.41, 5.74) is 6.04. The summed E-state index contributed by atoms with van der Waals surface area (Å²) < 4.78 is 23.9. The fourth-order valence-electron chi connectivity index (χ4n) is 2.48. The first kappa shape index (κ1) is 13.9. The predicted molar refractivity (Wildman–Crippen MR) is 73.1 cm³/mol. The molecule has 1 aromatic carbocycles. The maximum absolute atomic E-state index is 13.4.